The molecule has 2 aliphatic heterocycles. The predicted molar refractivity (Wildman–Crippen MR) is 148 cm³/mol. The molecule has 0 radical (unpaired) electrons. The van der Waals surface area contributed by atoms with Gasteiger partial charge in [-0.3, -0.25) is 4.79 Å². The fourth-order valence-corrected chi connectivity index (χ4v) is 5.94. The first kappa shape index (κ1) is 23.9. The minimum absolute atomic E-state index is 0.0702. The Kier molecular flexibility index (Phi) is 6.31. The molecule has 2 aliphatic rings. The summed E-state index contributed by atoms with van der Waals surface area (Å²) in [7, 11) is 0. The van der Waals surface area contributed by atoms with E-state index in [2.05, 4.69) is 59.8 Å². The lowest BCUT2D eigenvalue weighted by molar-refractivity contribution is -0.137. The number of anilines is 1. The van der Waals surface area contributed by atoms with Gasteiger partial charge in [-0.2, -0.15) is 0 Å². The number of aromatic nitrogens is 4. The van der Waals surface area contributed by atoms with Crippen LogP contribution in [-0.4, -0.2) is 56.9 Å². The minimum Gasteiger partial charge on any atom is -0.342 e. The third kappa shape index (κ3) is 4.67. The van der Waals surface area contributed by atoms with Crippen molar-refractivity contribution >= 4 is 33.8 Å². The normalized spacial score (nSPS) is 19.3. The lowest BCUT2D eigenvalue weighted by Gasteiger charge is -2.37. The maximum Gasteiger partial charge on any atom is 0.226 e. The van der Waals surface area contributed by atoms with E-state index in [1.54, 1.807) is 0 Å². The van der Waals surface area contributed by atoms with Crippen molar-refractivity contribution in [2.45, 2.75) is 58.3 Å². The van der Waals surface area contributed by atoms with Gasteiger partial charge in [0.15, 0.2) is 0 Å². The summed E-state index contributed by atoms with van der Waals surface area (Å²) in [6.45, 7) is 9.71. The number of H-pyrrole nitrogens is 1. The molecule has 1 amide bonds. The van der Waals surface area contributed by atoms with Crippen LogP contribution < -0.4 is 4.90 Å². The van der Waals surface area contributed by atoms with E-state index in [4.69, 9.17) is 15.0 Å². The number of amides is 1. The van der Waals surface area contributed by atoms with Crippen molar-refractivity contribution in [3.8, 4) is 0 Å². The first-order valence-corrected chi connectivity index (χ1v) is 13.7. The van der Waals surface area contributed by atoms with Crippen molar-refractivity contribution in [2.75, 3.05) is 31.1 Å². The molecule has 2 saturated heterocycles. The first-order valence-electron chi connectivity index (χ1n) is 13.7. The first-order chi connectivity index (χ1) is 18.0. The van der Waals surface area contributed by atoms with Crippen LogP contribution in [0, 0.1) is 12.8 Å². The summed E-state index contributed by atoms with van der Waals surface area (Å²) >= 11 is 0. The molecule has 2 aromatic heterocycles. The molecule has 7 nitrogen and oxygen atoms in total. The summed E-state index contributed by atoms with van der Waals surface area (Å²) < 4.78 is 0. The largest absolute Gasteiger partial charge is 0.342 e. The lowest BCUT2D eigenvalue weighted by atomic mass is 9.92. The quantitative estimate of drug-likeness (QED) is 0.400. The van der Waals surface area contributed by atoms with Gasteiger partial charge in [-0.15, -0.1) is 0 Å². The Morgan fingerprint density at radius 1 is 0.973 bits per heavy atom. The number of likely N-dealkylation sites (tertiary alicyclic amines) is 1. The van der Waals surface area contributed by atoms with Gasteiger partial charge in [-0.05, 0) is 68.4 Å². The summed E-state index contributed by atoms with van der Waals surface area (Å²) in [4.78, 5) is 35.9. The zero-order valence-electron chi connectivity index (χ0n) is 22.1. The summed E-state index contributed by atoms with van der Waals surface area (Å²) in [5, 5.41) is 1.13. The fourth-order valence-electron chi connectivity index (χ4n) is 5.94. The number of hydrogen-bond donors (Lipinski definition) is 1. The zero-order valence-corrected chi connectivity index (χ0v) is 22.1. The van der Waals surface area contributed by atoms with Crippen molar-refractivity contribution in [1.82, 2.24) is 24.8 Å². The molecule has 7 heteroatoms. The van der Waals surface area contributed by atoms with E-state index >= 15 is 0 Å². The number of aryl methyl sites for hydroxylation is 1. The van der Waals surface area contributed by atoms with Gasteiger partial charge in [0.2, 0.25) is 11.9 Å². The number of carbonyl (C=O) groups excluding carboxylic acids is 1. The van der Waals surface area contributed by atoms with Crippen LogP contribution in [-0.2, 0) is 4.79 Å². The zero-order chi connectivity index (χ0) is 25.5. The molecular weight excluding hydrogens is 460 g/mol. The minimum atomic E-state index is 0.0702. The Morgan fingerprint density at radius 2 is 1.78 bits per heavy atom. The van der Waals surface area contributed by atoms with E-state index in [9.17, 15) is 4.79 Å². The van der Waals surface area contributed by atoms with Crippen molar-refractivity contribution in [3.05, 3.63) is 59.5 Å². The van der Waals surface area contributed by atoms with Gasteiger partial charge < -0.3 is 14.8 Å². The molecule has 6 rings (SSSR count). The van der Waals surface area contributed by atoms with Gasteiger partial charge in [-0.1, -0.05) is 32.0 Å². The molecule has 2 fully saturated rings. The van der Waals surface area contributed by atoms with Crippen LogP contribution in [0.25, 0.3) is 21.9 Å². The van der Waals surface area contributed by atoms with E-state index in [0.29, 0.717) is 11.8 Å². The Hall–Kier alpha value is -3.48. The van der Waals surface area contributed by atoms with E-state index < -0.39 is 0 Å². The average Bonchev–Trinajstić information content (AvgIpc) is 3.37. The molecular formula is C30H36N6O. The van der Waals surface area contributed by atoms with Gasteiger partial charge in [0, 0.05) is 43.4 Å². The number of aromatic amines is 1. The number of hydrogen-bond acceptors (Lipinski definition) is 5. The molecule has 0 spiro atoms. The number of benzene rings is 2. The number of piperidine rings is 2. The second-order valence-electron chi connectivity index (χ2n) is 11.1. The molecule has 192 valence electrons. The number of nitrogens with one attached hydrogen (secondary N) is 1. The van der Waals surface area contributed by atoms with Gasteiger partial charge in [0.1, 0.15) is 5.82 Å². The summed E-state index contributed by atoms with van der Waals surface area (Å²) in [6, 6.07) is 14.7. The maximum atomic E-state index is 13.5. The Morgan fingerprint density at radius 3 is 2.57 bits per heavy atom. The highest BCUT2D eigenvalue weighted by Crippen LogP contribution is 2.31. The monoisotopic (exact) mass is 496 g/mol. The molecule has 2 aromatic carbocycles. The molecule has 37 heavy (non-hydrogen) atoms. The number of nitrogens with zero attached hydrogens (tertiary/aromatic N) is 5. The van der Waals surface area contributed by atoms with Crippen molar-refractivity contribution in [1.29, 1.82) is 0 Å². The second-order valence-corrected chi connectivity index (χ2v) is 11.1. The fraction of sp³-hybridized carbons (Fsp3) is 0.467. The van der Waals surface area contributed by atoms with E-state index in [-0.39, 0.29) is 11.8 Å². The third-order valence-corrected chi connectivity index (χ3v) is 8.22. The molecule has 0 saturated carbocycles. The number of rotatable bonds is 4. The molecule has 4 heterocycles. The Balaban J connectivity index is 1.11. The standard InChI is InChI=1S/C30H36N6O/c1-19(2)22-10-11-25-24(17-22)20(3)31-30(34-25)35-15-12-21(13-16-35)29(37)36-14-6-7-23(18-36)28-32-26-8-4-5-9-27(26)33-28/h4-5,8-11,17,19,21,23H,6-7,12-16,18H2,1-3H3,(H,32,33). The van der Waals surface area contributed by atoms with Crippen LogP contribution >= 0.6 is 0 Å². The smallest absolute Gasteiger partial charge is 0.226 e. The molecule has 1 unspecified atom stereocenters. The van der Waals surface area contributed by atoms with E-state index in [1.807, 2.05) is 18.2 Å². The summed E-state index contributed by atoms with van der Waals surface area (Å²) in [5.41, 5.74) is 5.40. The van der Waals surface area contributed by atoms with Crippen LogP contribution in [0.5, 0.6) is 0 Å². The van der Waals surface area contributed by atoms with Gasteiger partial charge >= 0.3 is 0 Å². The molecule has 4 aromatic rings. The van der Waals surface area contributed by atoms with Crippen molar-refractivity contribution in [3.63, 3.8) is 0 Å². The molecule has 0 aliphatic carbocycles. The van der Waals surface area contributed by atoms with Gasteiger partial charge in [-0.25, -0.2) is 15.0 Å². The number of fused-ring (bicyclic) bond motifs is 2. The lowest BCUT2D eigenvalue weighted by Crippen LogP contribution is -2.46. The van der Waals surface area contributed by atoms with Crippen molar-refractivity contribution < 1.29 is 4.79 Å². The number of carbonyl (C=O) groups is 1. The Bertz CT molecular complexity index is 1400. The van der Waals surface area contributed by atoms with Crippen LogP contribution in [0.3, 0.4) is 0 Å². The van der Waals surface area contributed by atoms with E-state index in [1.165, 1.54) is 5.56 Å². The van der Waals surface area contributed by atoms with Crippen molar-refractivity contribution in [2.24, 2.45) is 5.92 Å². The molecule has 1 atom stereocenters. The maximum absolute atomic E-state index is 13.5. The number of imidazole rings is 1. The molecule has 0 bridgehead atoms. The highest BCUT2D eigenvalue weighted by atomic mass is 16.2. The number of para-hydroxylation sites is 2. The second kappa shape index (κ2) is 9.77. The SMILES string of the molecule is Cc1nc(N2CCC(C(=O)N3CCCC(c4nc5ccccc5[nH]4)C3)CC2)nc2ccc(C(C)C)cc12. The average molecular weight is 497 g/mol. The highest BCUT2D eigenvalue weighted by Gasteiger charge is 2.33. The summed E-state index contributed by atoms with van der Waals surface area (Å²) in [5.74, 6) is 2.93. The Labute approximate surface area is 218 Å². The van der Waals surface area contributed by atoms with Gasteiger partial charge in [0.25, 0.3) is 0 Å². The predicted octanol–water partition coefficient (Wildman–Crippen LogP) is 5.56. The highest BCUT2D eigenvalue weighted by molar-refractivity contribution is 5.83. The van der Waals surface area contributed by atoms with Gasteiger partial charge in [0.05, 0.1) is 22.2 Å². The van der Waals surface area contributed by atoms with Crippen LogP contribution in [0.15, 0.2) is 42.5 Å². The molecule has 1 N–H and O–H groups in total. The topological polar surface area (TPSA) is 78.0 Å². The summed E-state index contributed by atoms with van der Waals surface area (Å²) in [6.07, 6.45) is 3.78. The van der Waals surface area contributed by atoms with Crippen LogP contribution in [0.1, 0.15) is 68.4 Å². The van der Waals surface area contributed by atoms with E-state index in [0.717, 1.165) is 91.3 Å². The van der Waals surface area contributed by atoms with Crippen LogP contribution in [0.4, 0.5) is 5.95 Å². The van der Waals surface area contributed by atoms with Crippen LogP contribution in [0.2, 0.25) is 0 Å². The third-order valence-electron chi connectivity index (χ3n) is 8.22.